The fraction of sp³-hybridized carbons (Fsp3) is 0.500. The predicted octanol–water partition coefficient (Wildman–Crippen LogP) is 2.35. The third kappa shape index (κ3) is 2.18. The Hall–Kier alpha value is -1.62. The molecule has 2 aliphatic rings. The zero-order valence-corrected chi connectivity index (χ0v) is 10.7. The Bertz CT molecular complexity index is 605. The zero-order chi connectivity index (χ0) is 12.8. The lowest BCUT2D eigenvalue weighted by molar-refractivity contribution is 0.326. The molecule has 0 spiro atoms. The summed E-state index contributed by atoms with van der Waals surface area (Å²) in [6, 6.07) is 5.91. The summed E-state index contributed by atoms with van der Waals surface area (Å²) < 4.78 is 13.1. The van der Waals surface area contributed by atoms with Crippen molar-refractivity contribution in [2.24, 2.45) is 0 Å². The van der Waals surface area contributed by atoms with E-state index in [2.05, 4.69) is 20.2 Å². The molecule has 1 unspecified atom stereocenters. The van der Waals surface area contributed by atoms with Crippen LogP contribution in [-0.2, 0) is 0 Å². The van der Waals surface area contributed by atoms with Crippen LogP contribution >= 0.6 is 0 Å². The number of imidazole rings is 1. The van der Waals surface area contributed by atoms with Crippen molar-refractivity contribution >= 4 is 17.0 Å². The monoisotopic (exact) mass is 260 g/mol. The van der Waals surface area contributed by atoms with Crippen LogP contribution in [0.4, 0.5) is 10.3 Å². The zero-order valence-electron chi connectivity index (χ0n) is 10.7. The SMILES string of the molecule is Fc1ccc2nc(NC3CCN(C4CC4)C3)[nH]c2c1. The minimum absolute atomic E-state index is 0.233. The summed E-state index contributed by atoms with van der Waals surface area (Å²) in [7, 11) is 0. The molecule has 1 aliphatic heterocycles. The Morgan fingerprint density at radius 1 is 1.32 bits per heavy atom. The molecule has 1 aromatic heterocycles. The Balaban J connectivity index is 1.48. The lowest BCUT2D eigenvalue weighted by atomic mass is 10.3. The van der Waals surface area contributed by atoms with Crippen LogP contribution in [0.2, 0.25) is 0 Å². The van der Waals surface area contributed by atoms with Gasteiger partial charge in [-0.25, -0.2) is 9.37 Å². The van der Waals surface area contributed by atoms with Gasteiger partial charge in [-0.2, -0.15) is 0 Å². The Morgan fingerprint density at radius 2 is 2.21 bits per heavy atom. The van der Waals surface area contributed by atoms with Crippen molar-refractivity contribution in [1.82, 2.24) is 14.9 Å². The third-order valence-corrected chi connectivity index (χ3v) is 4.07. The van der Waals surface area contributed by atoms with E-state index in [-0.39, 0.29) is 5.82 Å². The number of hydrogen-bond donors (Lipinski definition) is 2. The predicted molar refractivity (Wildman–Crippen MR) is 72.7 cm³/mol. The molecule has 1 aliphatic carbocycles. The Kier molecular flexibility index (Phi) is 2.48. The van der Waals surface area contributed by atoms with Crippen molar-refractivity contribution in [3.8, 4) is 0 Å². The number of H-pyrrole nitrogens is 1. The van der Waals surface area contributed by atoms with E-state index in [1.807, 2.05) is 0 Å². The van der Waals surface area contributed by atoms with Crippen molar-refractivity contribution in [2.45, 2.75) is 31.3 Å². The van der Waals surface area contributed by atoms with Crippen LogP contribution in [0.15, 0.2) is 18.2 Å². The fourth-order valence-electron chi connectivity index (χ4n) is 2.92. The van der Waals surface area contributed by atoms with Gasteiger partial charge in [-0.15, -0.1) is 0 Å². The van der Waals surface area contributed by atoms with E-state index in [0.29, 0.717) is 6.04 Å². The molecular weight excluding hydrogens is 243 g/mol. The molecule has 2 aromatic rings. The minimum Gasteiger partial charge on any atom is -0.352 e. The van der Waals surface area contributed by atoms with Gasteiger partial charge in [0.2, 0.25) is 5.95 Å². The van der Waals surface area contributed by atoms with Gasteiger partial charge in [-0.05, 0) is 37.5 Å². The summed E-state index contributed by atoms with van der Waals surface area (Å²) in [4.78, 5) is 10.1. The average Bonchev–Trinajstić information content (AvgIpc) is 3.01. The fourth-order valence-corrected chi connectivity index (χ4v) is 2.92. The van der Waals surface area contributed by atoms with Gasteiger partial charge in [0.1, 0.15) is 5.82 Å². The second-order valence-corrected chi connectivity index (χ2v) is 5.60. The minimum atomic E-state index is -0.233. The van der Waals surface area contributed by atoms with Gasteiger partial charge in [0.15, 0.2) is 0 Å². The first kappa shape index (κ1) is 11.2. The number of fused-ring (bicyclic) bond motifs is 1. The maximum Gasteiger partial charge on any atom is 0.201 e. The molecule has 0 radical (unpaired) electrons. The van der Waals surface area contributed by atoms with Gasteiger partial charge in [-0.1, -0.05) is 0 Å². The molecule has 2 N–H and O–H groups in total. The van der Waals surface area contributed by atoms with Crippen molar-refractivity contribution in [2.75, 3.05) is 18.4 Å². The summed E-state index contributed by atoms with van der Waals surface area (Å²) in [5.41, 5.74) is 1.56. The standard InChI is InChI=1S/C14H17FN4/c15-9-1-4-12-13(7-9)18-14(17-12)16-10-5-6-19(8-10)11-2-3-11/h1,4,7,10-11H,2-3,5-6,8H2,(H2,16,17,18). The second kappa shape index (κ2) is 4.20. The summed E-state index contributed by atoms with van der Waals surface area (Å²) in [5.74, 6) is 0.520. The van der Waals surface area contributed by atoms with Gasteiger partial charge in [-0.3, -0.25) is 4.90 Å². The summed E-state index contributed by atoms with van der Waals surface area (Å²) in [6.07, 6.45) is 3.87. The van der Waals surface area contributed by atoms with Gasteiger partial charge < -0.3 is 10.3 Å². The highest BCUT2D eigenvalue weighted by molar-refractivity contribution is 5.77. The highest BCUT2D eigenvalue weighted by Gasteiger charge is 2.34. The lowest BCUT2D eigenvalue weighted by Gasteiger charge is -2.15. The molecule has 4 rings (SSSR count). The molecule has 100 valence electrons. The molecule has 2 fully saturated rings. The molecule has 1 aromatic carbocycles. The van der Waals surface area contributed by atoms with Crippen LogP contribution in [0.5, 0.6) is 0 Å². The van der Waals surface area contributed by atoms with Crippen LogP contribution in [0, 0.1) is 5.82 Å². The highest BCUT2D eigenvalue weighted by Crippen LogP contribution is 2.30. The second-order valence-electron chi connectivity index (χ2n) is 5.60. The number of anilines is 1. The van der Waals surface area contributed by atoms with Crippen molar-refractivity contribution < 1.29 is 4.39 Å². The number of likely N-dealkylation sites (tertiary alicyclic amines) is 1. The van der Waals surface area contributed by atoms with E-state index in [4.69, 9.17) is 0 Å². The molecule has 1 saturated heterocycles. The number of hydrogen-bond acceptors (Lipinski definition) is 3. The summed E-state index contributed by atoms with van der Waals surface area (Å²) in [5, 5.41) is 3.43. The van der Waals surface area contributed by atoms with Crippen molar-refractivity contribution in [3.05, 3.63) is 24.0 Å². The average molecular weight is 260 g/mol. The van der Waals surface area contributed by atoms with Gasteiger partial charge >= 0.3 is 0 Å². The van der Waals surface area contributed by atoms with E-state index < -0.39 is 0 Å². The van der Waals surface area contributed by atoms with E-state index >= 15 is 0 Å². The summed E-state index contributed by atoms with van der Waals surface area (Å²) in [6.45, 7) is 2.27. The molecule has 5 heteroatoms. The number of nitrogens with one attached hydrogen (secondary N) is 2. The normalized spacial score (nSPS) is 24.2. The van der Waals surface area contributed by atoms with Gasteiger partial charge in [0.05, 0.1) is 11.0 Å². The lowest BCUT2D eigenvalue weighted by Crippen LogP contribution is -2.28. The van der Waals surface area contributed by atoms with E-state index in [1.54, 1.807) is 6.07 Å². The number of aromatic amines is 1. The molecular formula is C14H17FN4. The van der Waals surface area contributed by atoms with Crippen LogP contribution in [0.25, 0.3) is 11.0 Å². The first-order chi connectivity index (χ1) is 9.28. The van der Waals surface area contributed by atoms with Crippen LogP contribution in [0.3, 0.4) is 0 Å². The third-order valence-electron chi connectivity index (χ3n) is 4.07. The molecule has 0 bridgehead atoms. The maximum absolute atomic E-state index is 13.1. The number of rotatable bonds is 3. The van der Waals surface area contributed by atoms with Gasteiger partial charge in [0.25, 0.3) is 0 Å². The van der Waals surface area contributed by atoms with E-state index in [1.165, 1.54) is 31.5 Å². The van der Waals surface area contributed by atoms with Crippen LogP contribution in [0.1, 0.15) is 19.3 Å². The first-order valence-electron chi connectivity index (χ1n) is 6.94. The van der Waals surface area contributed by atoms with E-state index in [9.17, 15) is 4.39 Å². The maximum atomic E-state index is 13.1. The highest BCUT2D eigenvalue weighted by atomic mass is 19.1. The van der Waals surface area contributed by atoms with Gasteiger partial charge in [0, 0.05) is 25.2 Å². The molecule has 4 nitrogen and oxygen atoms in total. The van der Waals surface area contributed by atoms with E-state index in [0.717, 1.165) is 36.0 Å². The molecule has 1 atom stereocenters. The number of benzene rings is 1. The smallest absolute Gasteiger partial charge is 0.201 e. The Morgan fingerprint density at radius 3 is 3.05 bits per heavy atom. The number of aromatic nitrogens is 2. The topological polar surface area (TPSA) is 44.0 Å². The molecule has 0 amide bonds. The van der Waals surface area contributed by atoms with Crippen LogP contribution in [-0.4, -0.2) is 40.0 Å². The van der Waals surface area contributed by atoms with Crippen molar-refractivity contribution in [1.29, 1.82) is 0 Å². The first-order valence-corrected chi connectivity index (χ1v) is 6.94. The van der Waals surface area contributed by atoms with Crippen LogP contribution < -0.4 is 5.32 Å². The number of halogens is 1. The molecule has 1 saturated carbocycles. The Labute approximate surface area is 111 Å². The van der Waals surface area contributed by atoms with Crippen molar-refractivity contribution in [3.63, 3.8) is 0 Å². The number of nitrogens with zero attached hydrogens (tertiary/aromatic N) is 2. The largest absolute Gasteiger partial charge is 0.352 e. The molecule has 2 heterocycles. The summed E-state index contributed by atoms with van der Waals surface area (Å²) >= 11 is 0. The molecule has 19 heavy (non-hydrogen) atoms. The quantitative estimate of drug-likeness (QED) is 0.890.